The maximum absolute atomic E-state index is 13.1. The summed E-state index contributed by atoms with van der Waals surface area (Å²) in [5, 5.41) is 4.52. The van der Waals surface area contributed by atoms with Crippen LogP contribution in [-0.2, 0) is 6.54 Å². The van der Waals surface area contributed by atoms with E-state index in [0.717, 1.165) is 22.2 Å². The molecule has 100 valence electrons. The molecule has 0 fully saturated rings. The van der Waals surface area contributed by atoms with Crippen LogP contribution in [-0.4, -0.2) is 4.98 Å². The third-order valence-electron chi connectivity index (χ3n) is 3.10. The zero-order valence-electron chi connectivity index (χ0n) is 10.6. The second-order valence-electron chi connectivity index (χ2n) is 4.48. The Balaban J connectivity index is 1.85. The molecule has 0 amide bonds. The molecule has 3 rings (SSSR count). The van der Waals surface area contributed by atoms with Crippen molar-refractivity contribution in [2.24, 2.45) is 0 Å². The molecule has 0 unspecified atom stereocenters. The molecule has 0 atom stereocenters. The summed E-state index contributed by atoms with van der Waals surface area (Å²) in [6, 6.07) is 14.6. The fraction of sp³-hybridized carbons (Fsp3) is 0.0625. The van der Waals surface area contributed by atoms with Crippen molar-refractivity contribution < 1.29 is 4.39 Å². The summed E-state index contributed by atoms with van der Waals surface area (Å²) in [5.74, 6) is -0.401. The molecule has 0 aliphatic carbocycles. The van der Waals surface area contributed by atoms with Crippen molar-refractivity contribution in [1.82, 2.24) is 4.98 Å². The van der Waals surface area contributed by atoms with Crippen LogP contribution in [0, 0.1) is 5.82 Å². The molecule has 0 spiro atoms. The van der Waals surface area contributed by atoms with Gasteiger partial charge in [-0.25, -0.2) is 4.39 Å². The standard InChI is InChI=1S/C16H12ClFN2/c17-13-9-11(6-7-14(13)18)10-20-15-5-1-3-12-4-2-8-19-16(12)15/h1-9,20H,10H2. The zero-order chi connectivity index (χ0) is 13.9. The van der Waals surface area contributed by atoms with Crippen molar-refractivity contribution >= 4 is 28.2 Å². The second kappa shape index (κ2) is 5.47. The number of hydrogen-bond donors (Lipinski definition) is 1. The van der Waals surface area contributed by atoms with Crippen molar-refractivity contribution in [1.29, 1.82) is 0 Å². The van der Waals surface area contributed by atoms with E-state index in [1.54, 1.807) is 18.3 Å². The van der Waals surface area contributed by atoms with Crippen LogP contribution in [0.25, 0.3) is 10.9 Å². The lowest BCUT2D eigenvalue weighted by molar-refractivity contribution is 0.627. The summed E-state index contributed by atoms with van der Waals surface area (Å²) >= 11 is 5.78. The minimum atomic E-state index is -0.401. The SMILES string of the molecule is Fc1ccc(CNc2cccc3cccnc23)cc1Cl. The molecule has 0 radical (unpaired) electrons. The van der Waals surface area contributed by atoms with E-state index in [9.17, 15) is 4.39 Å². The van der Waals surface area contributed by atoms with E-state index in [0.29, 0.717) is 6.54 Å². The number of anilines is 1. The first kappa shape index (κ1) is 12.9. The molecule has 0 saturated heterocycles. The van der Waals surface area contributed by atoms with Gasteiger partial charge in [0.15, 0.2) is 0 Å². The maximum atomic E-state index is 13.1. The molecule has 0 bridgehead atoms. The van der Waals surface area contributed by atoms with E-state index in [-0.39, 0.29) is 5.02 Å². The first-order chi connectivity index (χ1) is 9.74. The highest BCUT2D eigenvalue weighted by Crippen LogP contribution is 2.22. The van der Waals surface area contributed by atoms with Gasteiger partial charge in [0.1, 0.15) is 5.82 Å². The van der Waals surface area contributed by atoms with Crippen molar-refractivity contribution in [3.63, 3.8) is 0 Å². The largest absolute Gasteiger partial charge is 0.379 e. The lowest BCUT2D eigenvalue weighted by Crippen LogP contribution is -2.00. The van der Waals surface area contributed by atoms with Crippen LogP contribution in [0.15, 0.2) is 54.7 Å². The molecule has 4 heteroatoms. The molecule has 3 aromatic rings. The summed E-state index contributed by atoms with van der Waals surface area (Å²) in [4.78, 5) is 4.38. The van der Waals surface area contributed by atoms with Crippen LogP contribution in [0.4, 0.5) is 10.1 Å². The van der Waals surface area contributed by atoms with Gasteiger partial charge in [-0.3, -0.25) is 4.98 Å². The quantitative estimate of drug-likeness (QED) is 0.759. The number of hydrogen-bond acceptors (Lipinski definition) is 2. The number of benzene rings is 2. The molecule has 0 saturated carbocycles. The van der Waals surface area contributed by atoms with E-state index >= 15 is 0 Å². The van der Waals surface area contributed by atoms with Gasteiger partial charge >= 0.3 is 0 Å². The van der Waals surface area contributed by atoms with Crippen LogP contribution in [0.3, 0.4) is 0 Å². The van der Waals surface area contributed by atoms with Crippen molar-refractivity contribution in [2.45, 2.75) is 6.54 Å². The maximum Gasteiger partial charge on any atom is 0.141 e. The van der Waals surface area contributed by atoms with Crippen LogP contribution >= 0.6 is 11.6 Å². The minimum Gasteiger partial charge on any atom is -0.379 e. The number of para-hydroxylation sites is 1. The number of fused-ring (bicyclic) bond motifs is 1. The Hall–Kier alpha value is -2.13. The fourth-order valence-electron chi connectivity index (χ4n) is 2.09. The van der Waals surface area contributed by atoms with E-state index in [1.165, 1.54) is 6.07 Å². The number of nitrogens with one attached hydrogen (secondary N) is 1. The minimum absolute atomic E-state index is 0.139. The molecule has 0 aliphatic rings. The van der Waals surface area contributed by atoms with Crippen LogP contribution in [0.1, 0.15) is 5.56 Å². The van der Waals surface area contributed by atoms with Gasteiger partial charge in [-0.1, -0.05) is 35.9 Å². The third-order valence-corrected chi connectivity index (χ3v) is 3.39. The van der Waals surface area contributed by atoms with Gasteiger partial charge in [-0.05, 0) is 29.8 Å². The third kappa shape index (κ3) is 2.58. The zero-order valence-corrected chi connectivity index (χ0v) is 11.4. The van der Waals surface area contributed by atoms with E-state index < -0.39 is 5.82 Å². The Morgan fingerprint density at radius 3 is 2.80 bits per heavy atom. The molecular formula is C16H12ClFN2. The van der Waals surface area contributed by atoms with Gasteiger partial charge in [0, 0.05) is 18.1 Å². The number of aromatic nitrogens is 1. The van der Waals surface area contributed by atoms with E-state index in [4.69, 9.17) is 11.6 Å². The first-order valence-corrected chi connectivity index (χ1v) is 6.63. The number of pyridine rings is 1. The molecule has 2 nitrogen and oxygen atoms in total. The number of rotatable bonds is 3. The Labute approximate surface area is 121 Å². The van der Waals surface area contributed by atoms with Gasteiger partial charge in [-0.15, -0.1) is 0 Å². The average molecular weight is 287 g/mol. The van der Waals surface area contributed by atoms with Crippen LogP contribution in [0.5, 0.6) is 0 Å². The van der Waals surface area contributed by atoms with Gasteiger partial charge < -0.3 is 5.32 Å². The fourth-order valence-corrected chi connectivity index (χ4v) is 2.30. The Kier molecular flexibility index (Phi) is 3.52. The summed E-state index contributed by atoms with van der Waals surface area (Å²) < 4.78 is 13.1. The Bertz CT molecular complexity index is 753. The second-order valence-corrected chi connectivity index (χ2v) is 4.89. The lowest BCUT2D eigenvalue weighted by Gasteiger charge is -2.09. The average Bonchev–Trinajstić information content (AvgIpc) is 2.48. The highest BCUT2D eigenvalue weighted by Gasteiger charge is 2.03. The van der Waals surface area contributed by atoms with E-state index in [1.807, 2.05) is 30.3 Å². The number of halogens is 2. The van der Waals surface area contributed by atoms with Crippen LogP contribution in [0.2, 0.25) is 5.02 Å². The van der Waals surface area contributed by atoms with Gasteiger partial charge in [0.05, 0.1) is 16.2 Å². The summed E-state index contributed by atoms with van der Waals surface area (Å²) in [5.41, 5.74) is 2.79. The van der Waals surface area contributed by atoms with Crippen LogP contribution < -0.4 is 5.32 Å². The normalized spacial score (nSPS) is 10.7. The van der Waals surface area contributed by atoms with Gasteiger partial charge in [-0.2, -0.15) is 0 Å². The van der Waals surface area contributed by atoms with Gasteiger partial charge in [0.2, 0.25) is 0 Å². The highest BCUT2D eigenvalue weighted by molar-refractivity contribution is 6.30. The number of nitrogens with zero attached hydrogens (tertiary/aromatic N) is 1. The van der Waals surface area contributed by atoms with Crippen molar-refractivity contribution in [3.05, 3.63) is 71.1 Å². The molecule has 2 aromatic carbocycles. The predicted molar refractivity (Wildman–Crippen MR) is 80.5 cm³/mol. The predicted octanol–water partition coefficient (Wildman–Crippen LogP) is 4.64. The summed E-state index contributed by atoms with van der Waals surface area (Å²) in [6.07, 6.45) is 1.77. The highest BCUT2D eigenvalue weighted by atomic mass is 35.5. The monoisotopic (exact) mass is 286 g/mol. The van der Waals surface area contributed by atoms with E-state index in [2.05, 4.69) is 10.3 Å². The summed E-state index contributed by atoms with van der Waals surface area (Å²) in [6.45, 7) is 0.565. The molecule has 1 N–H and O–H groups in total. The molecule has 1 heterocycles. The molecule has 1 aromatic heterocycles. The van der Waals surface area contributed by atoms with Gasteiger partial charge in [0.25, 0.3) is 0 Å². The lowest BCUT2D eigenvalue weighted by atomic mass is 10.1. The van der Waals surface area contributed by atoms with Crippen molar-refractivity contribution in [3.8, 4) is 0 Å². The first-order valence-electron chi connectivity index (χ1n) is 6.25. The molecule has 20 heavy (non-hydrogen) atoms. The molecular weight excluding hydrogens is 275 g/mol. The smallest absolute Gasteiger partial charge is 0.141 e. The van der Waals surface area contributed by atoms with Crippen molar-refractivity contribution in [2.75, 3.05) is 5.32 Å². The Morgan fingerprint density at radius 2 is 1.95 bits per heavy atom. The molecule has 0 aliphatic heterocycles. The Morgan fingerprint density at radius 1 is 1.10 bits per heavy atom. The summed E-state index contributed by atoms with van der Waals surface area (Å²) in [7, 11) is 0. The topological polar surface area (TPSA) is 24.9 Å².